The minimum Gasteiger partial charge on any atom is -0.348 e. The van der Waals surface area contributed by atoms with Crippen LogP contribution in [0.25, 0.3) is 11.3 Å². The summed E-state index contributed by atoms with van der Waals surface area (Å²) in [4.78, 5) is 14.6. The second-order valence-corrected chi connectivity index (χ2v) is 6.59. The average molecular weight is 328 g/mol. The summed E-state index contributed by atoms with van der Waals surface area (Å²) in [5, 5.41) is 3.09. The zero-order valence-electron chi connectivity index (χ0n) is 12.6. The third-order valence-corrected chi connectivity index (χ3v) is 5.21. The first-order valence-electron chi connectivity index (χ1n) is 7.75. The maximum Gasteiger partial charge on any atom is 0.185 e. The van der Waals surface area contributed by atoms with Gasteiger partial charge in [0.1, 0.15) is 11.6 Å². The van der Waals surface area contributed by atoms with E-state index in [9.17, 15) is 4.39 Å². The summed E-state index contributed by atoms with van der Waals surface area (Å²) in [6.07, 6.45) is 5.87. The monoisotopic (exact) mass is 328 g/mol. The number of benzene rings is 1. The molecular weight excluding hydrogens is 311 g/mol. The second kappa shape index (κ2) is 6.12. The van der Waals surface area contributed by atoms with Crippen molar-refractivity contribution in [3.63, 3.8) is 0 Å². The molecule has 0 atom stereocenters. The van der Waals surface area contributed by atoms with E-state index >= 15 is 0 Å². The van der Waals surface area contributed by atoms with Crippen LogP contribution in [0.15, 0.2) is 42.0 Å². The Morgan fingerprint density at radius 1 is 1.17 bits per heavy atom. The molecule has 3 heterocycles. The van der Waals surface area contributed by atoms with Gasteiger partial charge in [-0.15, -0.1) is 11.3 Å². The van der Waals surface area contributed by atoms with Crippen molar-refractivity contribution in [1.82, 2.24) is 15.0 Å². The molecule has 0 aliphatic carbocycles. The summed E-state index contributed by atoms with van der Waals surface area (Å²) in [5.74, 6) is 1.39. The van der Waals surface area contributed by atoms with Crippen LogP contribution in [0, 0.1) is 5.82 Å². The Labute approximate surface area is 138 Å². The number of imidazole rings is 1. The minimum absolute atomic E-state index is 0.218. The number of aromatic amines is 1. The van der Waals surface area contributed by atoms with Crippen LogP contribution in [-0.2, 0) is 0 Å². The van der Waals surface area contributed by atoms with Crippen LogP contribution in [0.2, 0.25) is 0 Å². The molecule has 0 amide bonds. The fraction of sp³-hybridized carbons (Fsp3) is 0.294. The summed E-state index contributed by atoms with van der Waals surface area (Å²) in [6, 6.07) is 6.50. The lowest BCUT2D eigenvalue weighted by molar-refractivity contribution is 0.488. The maximum absolute atomic E-state index is 13.0. The van der Waals surface area contributed by atoms with E-state index in [0.29, 0.717) is 5.92 Å². The predicted molar refractivity (Wildman–Crippen MR) is 90.3 cm³/mol. The zero-order valence-corrected chi connectivity index (χ0v) is 13.4. The van der Waals surface area contributed by atoms with Crippen molar-refractivity contribution in [3.05, 3.63) is 53.7 Å². The van der Waals surface area contributed by atoms with Crippen LogP contribution in [0.1, 0.15) is 24.6 Å². The molecule has 0 spiro atoms. The molecule has 1 fully saturated rings. The van der Waals surface area contributed by atoms with E-state index in [4.69, 9.17) is 4.98 Å². The fourth-order valence-electron chi connectivity index (χ4n) is 3.01. The van der Waals surface area contributed by atoms with E-state index in [-0.39, 0.29) is 5.82 Å². The summed E-state index contributed by atoms with van der Waals surface area (Å²) >= 11 is 1.65. The van der Waals surface area contributed by atoms with Gasteiger partial charge in [-0.25, -0.2) is 14.4 Å². The van der Waals surface area contributed by atoms with Crippen LogP contribution < -0.4 is 4.90 Å². The van der Waals surface area contributed by atoms with Crippen molar-refractivity contribution >= 4 is 16.5 Å². The van der Waals surface area contributed by atoms with Gasteiger partial charge in [0, 0.05) is 42.3 Å². The number of thiazole rings is 1. The quantitative estimate of drug-likeness (QED) is 0.789. The second-order valence-electron chi connectivity index (χ2n) is 5.76. The molecule has 0 saturated carbocycles. The van der Waals surface area contributed by atoms with Gasteiger partial charge in [-0.05, 0) is 37.1 Å². The molecule has 3 aromatic rings. The molecule has 1 saturated heterocycles. The van der Waals surface area contributed by atoms with E-state index in [2.05, 4.69) is 14.9 Å². The van der Waals surface area contributed by atoms with Crippen molar-refractivity contribution in [2.45, 2.75) is 18.8 Å². The van der Waals surface area contributed by atoms with E-state index in [1.54, 1.807) is 23.5 Å². The van der Waals surface area contributed by atoms with Crippen molar-refractivity contribution in [2.24, 2.45) is 0 Å². The minimum atomic E-state index is -0.218. The number of nitrogens with zero attached hydrogens (tertiary/aromatic N) is 3. The first-order valence-corrected chi connectivity index (χ1v) is 8.63. The molecule has 6 heteroatoms. The van der Waals surface area contributed by atoms with Gasteiger partial charge < -0.3 is 9.88 Å². The Bertz CT molecular complexity index is 758. The molecule has 1 aliphatic heterocycles. The van der Waals surface area contributed by atoms with Gasteiger partial charge in [-0.1, -0.05) is 0 Å². The van der Waals surface area contributed by atoms with Crippen LogP contribution in [0.5, 0.6) is 0 Å². The molecule has 1 aliphatic rings. The molecule has 118 valence electrons. The summed E-state index contributed by atoms with van der Waals surface area (Å²) in [5.41, 5.74) is 1.87. The fourth-order valence-corrected chi connectivity index (χ4v) is 3.90. The zero-order chi connectivity index (χ0) is 15.6. The number of halogens is 1. The topological polar surface area (TPSA) is 44.8 Å². The van der Waals surface area contributed by atoms with E-state index < -0.39 is 0 Å². The third kappa shape index (κ3) is 2.99. The van der Waals surface area contributed by atoms with Gasteiger partial charge in [0.2, 0.25) is 0 Å². The highest BCUT2D eigenvalue weighted by Crippen LogP contribution is 2.32. The van der Waals surface area contributed by atoms with Crippen molar-refractivity contribution in [3.8, 4) is 11.3 Å². The lowest BCUT2D eigenvalue weighted by Crippen LogP contribution is -2.33. The Balaban J connectivity index is 1.45. The number of anilines is 1. The van der Waals surface area contributed by atoms with Crippen molar-refractivity contribution in [1.29, 1.82) is 0 Å². The highest BCUT2D eigenvalue weighted by Gasteiger charge is 2.23. The molecule has 23 heavy (non-hydrogen) atoms. The first kappa shape index (κ1) is 14.4. The molecule has 1 aromatic carbocycles. The molecule has 2 aromatic heterocycles. The largest absolute Gasteiger partial charge is 0.348 e. The van der Waals surface area contributed by atoms with Crippen LogP contribution >= 0.6 is 11.3 Å². The summed E-state index contributed by atoms with van der Waals surface area (Å²) in [6.45, 7) is 1.98. The van der Waals surface area contributed by atoms with E-state index in [1.165, 1.54) is 12.1 Å². The summed E-state index contributed by atoms with van der Waals surface area (Å²) in [7, 11) is 0. The number of piperidine rings is 1. The SMILES string of the molecule is Fc1ccc(-c2csc(N3CCC(c4ncc[nH]4)CC3)n2)cc1. The number of hydrogen-bond acceptors (Lipinski definition) is 4. The third-order valence-electron chi connectivity index (χ3n) is 4.30. The van der Waals surface area contributed by atoms with Gasteiger partial charge in [-0.2, -0.15) is 0 Å². The number of H-pyrrole nitrogens is 1. The Kier molecular flexibility index (Phi) is 3.83. The normalized spacial score (nSPS) is 16.0. The Morgan fingerprint density at radius 2 is 1.96 bits per heavy atom. The maximum atomic E-state index is 13.0. The molecule has 4 nitrogen and oxygen atoms in total. The smallest absolute Gasteiger partial charge is 0.185 e. The Hall–Kier alpha value is -2.21. The van der Waals surface area contributed by atoms with Gasteiger partial charge in [0.15, 0.2) is 5.13 Å². The molecule has 4 rings (SSSR count). The van der Waals surface area contributed by atoms with Crippen LogP contribution in [0.3, 0.4) is 0 Å². The molecule has 1 N–H and O–H groups in total. The molecule has 0 radical (unpaired) electrons. The standard InChI is InChI=1S/C17H17FN4S/c18-14-3-1-12(2-4-14)15-11-23-17(21-15)22-9-5-13(6-10-22)16-19-7-8-20-16/h1-4,7-8,11,13H,5-6,9-10H2,(H,19,20). The van der Waals surface area contributed by atoms with Gasteiger partial charge in [-0.3, -0.25) is 0 Å². The number of aromatic nitrogens is 3. The first-order chi connectivity index (χ1) is 11.3. The summed E-state index contributed by atoms with van der Waals surface area (Å²) < 4.78 is 13.0. The van der Waals surface area contributed by atoms with Gasteiger partial charge in [0.25, 0.3) is 0 Å². The van der Waals surface area contributed by atoms with Crippen LogP contribution in [-0.4, -0.2) is 28.0 Å². The van der Waals surface area contributed by atoms with Gasteiger partial charge >= 0.3 is 0 Å². The van der Waals surface area contributed by atoms with Crippen LogP contribution in [0.4, 0.5) is 9.52 Å². The van der Waals surface area contributed by atoms with Crippen molar-refractivity contribution < 1.29 is 4.39 Å². The lowest BCUT2D eigenvalue weighted by atomic mass is 9.96. The number of rotatable bonds is 3. The molecule has 0 bridgehead atoms. The number of nitrogens with one attached hydrogen (secondary N) is 1. The van der Waals surface area contributed by atoms with Gasteiger partial charge in [0.05, 0.1) is 5.69 Å². The van der Waals surface area contributed by atoms with E-state index in [0.717, 1.165) is 48.1 Å². The highest BCUT2D eigenvalue weighted by molar-refractivity contribution is 7.14. The lowest BCUT2D eigenvalue weighted by Gasteiger charge is -2.30. The number of hydrogen-bond donors (Lipinski definition) is 1. The Morgan fingerprint density at radius 3 is 2.65 bits per heavy atom. The molecule has 0 unspecified atom stereocenters. The van der Waals surface area contributed by atoms with Crippen molar-refractivity contribution in [2.75, 3.05) is 18.0 Å². The predicted octanol–water partition coefficient (Wildman–Crippen LogP) is 4.06. The molecular formula is C17H17FN4S. The van der Waals surface area contributed by atoms with E-state index in [1.807, 2.05) is 17.8 Å². The average Bonchev–Trinajstić information content (AvgIpc) is 3.28. The highest BCUT2D eigenvalue weighted by atomic mass is 32.1.